The average molecular weight is 273 g/mol. The molecule has 1 atom stereocenters. The van der Waals surface area contributed by atoms with Crippen LogP contribution in [-0.4, -0.2) is 20.0 Å². The molecular formula is C14H13ClN4. The summed E-state index contributed by atoms with van der Waals surface area (Å²) in [6.45, 7) is 2.13. The molecule has 4 nitrogen and oxygen atoms in total. The molecule has 1 aromatic carbocycles. The molecule has 1 unspecified atom stereocenters. The monoisotopic (exact) mass is 272 g/mol. The summed E-state index contributed by atoms with van der Waals surface area (Å²) in [5, 5.41) is 13.9. The van der Waals surface area contributed by atoms with Crippen molar-refractivity contribution < 1.29 is 0 Å². The number of aryl methyl sites for hydroxylation is 1. The van der Waals surface area contributed by atoms with Crippen LogP contribution >= 0.6 is 11.6 Å². The van der Waals surface area contributed by atoms with Crippen LogP contribution in [-0.2, 0) is 7.05 Å². The zero-order valence-electron chi connectivity index (χ0n) is 10.7. The quantitative estimate of drug-likeness (QED) is 0.720. The average Bonchev–Trinajstić information content (AvgIpc) is 2.75. The van der Waals surface area contributed by atoms with Crippen molar-refractivity contribution in [3.8, 4) is 0 Å². The van der Waals surface area contributed by atoms with Gasteiger partial charge in [-0.15, -0.1) is 10.2 Å². The fourth-order valence-corrected chi connectivity index (χ4v) is 2.42. The fraction of sp³-hybridized carbons (Fsp3) is 0.214. The molecule has 96 valence electrons. The van der Waals surface area contributed by atoms with E-state index in [1.54, 1.807) is 4.68 Å². The van der Waals surface area contributed by atoms with Crippen molar-refractivity contribution in [2.24, 2.45) is 7.05 Å². The van der Waals surface area contributed by atoms with Crippen LogP contribution in [0, 0.1) is 0 Å². The number of nitrogens with zero attached hydrogens (tertiary/aromatic N) is 4. The summed E-state index contributed by atoms with van der Waals surface area (Å²) in [6, 6.07) is 12.1. The Hall–Kier alpha value is -1.94. The molecule has 0 saturated heterocycles. The highest BCUT2D eigenvalue weighted by Crippen LogP contribution is 2.29. The van der Waals surface area contributed by atoms with Crippen LogP contribution in [0.1, 0.15) is 24.1 Å². The van der Waals surface area contributed by atoms with Gasteiger partial charge in [0, 0.05) is 18.4 Å². The predicted molar refractivity (Wildman–Crippen MR) is 75.3 cm³/mol. The lowest BCUT2D eigenvalue weighted by Crippen LogP contribution is -1.98. The fourth-order valence-electron chi connectivity index (χ4n) is 2.27. The third kappa shape index (κ3) is 2.08. The molecule has 0 amide bonds. The van der Waals surface area contributed by atoms with Gasteiger partial charge in [-0.1, -0.05) is 48.9 Å². The Kier molecular flexibility index (Phi) is 2.95. The molecule has 0 saturated carbocycles. The van der Waals surface area contributed by atoms with Gasteiger partial charge in [-0.2, -0.15) is 5.10 Å². The maximum Gasteiger partial charge on any atom is 0.180 e. The Morgan fingerprint density at radius 3 is 2.63 bits per heavy atom. The summed E-state index contributed by atoms with van der Waals surface area (Å²) in [6.07, 6.45) is 0. The largest absolute Gasteiger partial charge is 0.249 e. The van der Waals surface area contributed by atoms with Crippen LogP contribution in [0.15, 0.2) is 36.4 Å². The minimum Gasteiger partial charge on any atom is -0.249 e. The molecule has 3 rings (SSSR count). The normalized spacial score (nSPS) is 12.8. The summed E-state index contributed by atoms with van der Waals surface area (Å²) in [4.78, 5) is 0. The Labute approximate surface area is 116 Å². The molecule has 0 bridgehead atoms. The van der Waals surface area contributed by atoms with Gasteiger partial charge in [0.2, 0.25) is 0 Å². The Balaban J connectivity index is 2.17. The third-order valence-corrected chi connectivity index (χ3v) is 3.48. The van der Waals surface area contributed by atoms with E-state index in [0.717, 1.165) is 16.7 Å². The summed E-state index contributed by atoms with van der Waals surface area (Å²) < 4.78 is 1.74. The molecule has 0 fully saturated rings. The zero-order valence-corrected chi connectivity index (χ0v) is 11.5. The Morgan fingerprint density at radius 1 is 1.16 bits per heavy atom. The summed E-state index contributed by atoms with van der Waals surface area (Å²) in [7, 11) is 1.87. The molecule has 0 aliphatic heterocycles. The highest BCUT2D eigenvalue weighted by Gasteiger charge is 2.18. The van der Waals surface area contributed by atoms with Crippen LogP contribution in [0.25, 0.3) is 11.0 Å². The van der Waals surface area contributed by atoms with Crippen LogP contribution in [0.4, 0.5) is 0 Å². The molecule has 0 spiro atoms. The highest BCUT2D eigenvalue weighted by atomic mass is 35.5. The standard InChI is InChI=1S/C14H13ClN4/c1-9(10-6-4-3-5-7-10)13-11-8-12(15)16-17-14(11)19(2)18-13/h3-9H,1-2H3. The van der Waals surface area contributed by atoms with E-state index in [1.165, 1.54) is 5.56 Å². The van der Waals surface area contributed by atoms with Crippen LogP contribution in [0.3, 0.4) is 0 Å². The first-order valence-corrected chi connectivity index (χ1v) is 6.45. The Bertz CT molecular complexity index is 721. The van der Waals surface area contributed by atoms with Gasteiger partial charge in [-0.05, 0) is 11.6 Å². The molecule has 3 aromatic rings. The maximum absolute atomic E-state index is 5.94. The second-order valence-corrected chi connectivity index (χ2v) is 4.93. The topological polar surface area (TPSA) is 43.6 Å². The van der Waals surface area contributed by atoms with E-state index in [1.807, 2.05) is 31.3 Å². The van der Waals surface area contributed by atoms with Crippen molar-refractivity contribution in [1.29, 1.82) is 0 Å². The molecule has 0 aliphatic rings. The lowest BCUT2D eigenvalue weighted by Gasteiger charge is -2.09. The van der Waals surface area contributed by atoms with E-state index in [4.69, 9.17) is 11.6 Å². The summed E-state index contributed by atoms with van der Waals surface area (Å²) in [5.41, 5.74) is 2.94. The first kappa shape index (κ1) is 12.1. The number of rotatable bonds is 2. The van der Waals surface area contributed by atoms with E-state index in [9.17, 15) is 0 Å². The first-order chi connectivity index (χ1) is 9.16. The van der Waals surface area contributed by atoms with E-state index >= 15 is 0 Å². The second kappa shape index (κ2) is 4.63. The van der Waals surface area contributed by atoms with Crippen molar-refractivity contribution in [3.63, 3.8) is 0 Å². The van der Waals surface area contributed by atoms with Crippen molar-refractivity contribution in [2.45, 2.75) is 12.8 Å². The lowest BCUT2D eigenvalue weighted by atomic mass is 9.96. The lowest BCUT2D eigenvalue weighted by molar-refractivity contribution is 0.734. The van der Waals surface area contributed by atoms with Crippen LogP contribution < -0.4 is 0 Å². The molecule has 2 heterocycles. The van der Waals surface area contributed by atoms with E-state index < -0.39 is 0 Å². The van der Waals surface area contributed by atoms with Crippen molar-refractivity contribution in [1.82, 2.24) is 20.0 Å². The molecule has 0 N–H and O–H groups in total. The van der Waals surface area contributed by atoms with Gasteiger partial charge in [-0.25, -0.2) is 4.68 Å². The van der Waals surface area contributed by atoms with Crippen molar-refractivity contribution >= 4 is 22.6 Å². The number of aromatic nitrogens is 4. The minimum absolute atomic E-state index is 0.185. The van der Waals surface area contributed by atoms with E-state index in [2.05, 4.69) is 34.4 Å². The van der Waals surface area contributed by atoms with Gasteiger partial charge in [0.1, 0.15) is 0 Å². The second-order valence-electron chi connectivity index (χ2n) is 4.55. The van der Waals surface area contributed by atoms with E-state index in [0.29, 0.717) is 5.15 Å². The number of hydrogen-bond acceptors (Lipinski definition) is 3. The highest BCUT2D eigenvalue weighted by molar-refractivity contribution is 6.29. The first-order valence-electron chi connectivity index (χ1n) is 6.07. The number of hydrogen-bond donors (Lipinski definition) is 0. The molecule has 0 aliphatic carbocycles. The smallest absolute Gasteiger partial charge is 0.180 e. The van der Waals surface area contributed by atoms with E-state index in [-0.39, 0.29) is 5.92 Å². The molecule has 2 aromatic heterocycles. The minimum atomic E-state index is 0.185. The van der Waals surface area contributed by atoms with Gasteiger partial charge in [0.15, 0.2) is 10.8 Å². The molecule has 5 heteroatoms. The SMILES string of the molecule is CC(c1ccccc1)c1nn(C)c2nnc(Cl)cc12. The summed E-state index contributed by atoms with van der Waals surface area (Å²) in [5.74, 6) is 0.185. The van der Waals surface area contributed by atoms with Gasteiger partial charge in [0.05, 0.1) is 5.69 Å². The van der Waals surface area contributed by atoms with Crippen molar-refractivity contribution in [3.05, 3.63) is 52.8 Å². The number of halogens is 1. The third-order valence-electron chi connectivity index (χ3n) is 3.29. The predicted octanol–water partition coefficient (Wildman–Crippen LogP) is 3.17. The van der Waals surface area contributed by atoms with Crippen LogP contribution in [0.5, 0.6) is 0 Å². The van der Waals surface area contributed by atoms with Crippen LogP contribution in [0.2, 0.25) is 5.15 Å². The maximum atomic E-state index is 5.94. The van der Waals surface area contributed by atoms with Crippen molar-refractivity contribution in [2.75, 3.05) is 0 Å². The number of fused-ring (bicyclic) bond motifs is 1. The molecular weight excluding hydrogens is 260 g/mol. The van der Waals surface area contributed by atoms with Gasteiger partial charge >= 0.3 is 0 Å². The molecule has 0 radical (unpaired) electrons. The van der Waals surface area contributed by atoms with Gasteiger partial charge in [0.25, 0.3) is 0 Å². The Morgan fingerprint density at radius 2 is 1.89 bits per heavy atom. The van der Waals surface area contributed by atoms with Gasteiger partial charge in [-0.3, -0.25) is 0 Å². The number of benzene rings is 1. The summed E-state index contributed by atoms with van der Waals surface area (Å²) >= 11 is 5.94. The van der Waals surface area contributed by atoms with Gasteiger partial charge < -0.3 is 0 Å². The molecule has 19 heavy (non-hydrogen) atoms. The zero-order chi connectivity index (χ0) is 13.4.